The zero-order valence-corrected chi connectivity index (χ0v) is 23.1. The highest BCUT2D eigenvalue weighted by Crippen LogP contribution is 2.84. The second-order valence-corrected chi connectivity index (χ2v) is 14.5. The van der Waals surface area contributed by atoms with Crippen LogP contribution in [-0.2, 0) is 19.0 Å². The first-order valence-electron chi connectivity index (χ1n) is 14.6. The number of hydrogen-bond acceptors (Lipinski definition) is 5. The van der Waals surface area contributed by atoms with Gasteiger partial charge in [-0.1, -0.05) is 54.4 Å². The summed E-state index contributed by atoms with van der Waals surface area (Å²) >= 11 is 0. The Kier molecular flexibility index (Phi) is 5.27. The number of ether oxygens (including phenoxy) is 3. The summed E-state index contributed by atoms with van der Waals surface area (Å²) in [5.41, 5.74) is -1.60. The molecule has 2 saturated heterocycles. The van der Waals surface area contributed by atoms with Gasteiger partial charge >= 0.3 is 5.97 Å². The van der Waals surface area contributed by atoms with Crippen LogP contribution in [0.15, 0.2) is 0 Å². The molecule has 0 aromatic heterocycles. The van der Waals surface area contributed by atoms with Gasteiger partial charge < -0.3 is 19.3 Å². The van der Waals surface area contributed by atoms with Crippen molar-refractivity contribution in [1.82, 2.24) is 0 Å². The lowest BCUT2D eigenvalue weighted by atomic mass is 9.42. The molecule has 2 aliphatic heterocycles. The molecule has 1 N–H and O–H groups in total. The van der Waals surface area contributed by atoms with Crippen LogP contribution in [0.4, 0.5) is 0 Å². The Morgan fingerprint density at radius 3 is 2.43 bits per heavy atom. The number of esters is 1. The van der Waals surface area contributed by atoms with Crippen molar-refractivity contribution in [3.8, 4) is 0 Å². The third-order valence-corrected chi connectivity index (χ3v) is 12.8. The second-order valence-electron chi connectivity index (χ2n) is 14.5. The number of epoxide rings is 2. The van der Waals surface area contributed by atoms with Crippen molar-refractivity contribution < 1.29 is 24.1 Å². The Morgan fingerprint density at radius 1 is 1.00 bits per heavy atom. The molecular formula is C30H48O5. The molecule has 0 bridgehead atoms. The highest BCUT2D eigenvalue weighted by atomic mass is 16.7. The molecule has 5 nitrogen and oxygen atoms in total. The van der Waals surface area contributed by atoms with Crippen molar-refractivity contribution in [2.24, 2.45) is 40.4 Å². The average Bonchev–Trinajstić information content (AvgIpc) is 3.63. The minimum Gasteiger partial charge on any atom is -0.462 e. The van der Waals surface area contributed by atoms with Crippen LogP contribution >= 0.6 is 0 Å². The molecule has 198 valence electrons. The van der Waals surface area contributed by atoms with Crippen LogP contribution in [0.1, 0.15) is 106 Å². The van der Waals surface area contributed by atoms with Crippen LogP contribution in [0.25, 0.3) is 0 Å². The third kappa shape index (κ3) is 2.95. The fourth-order valence-electron chi connectivity index (χ4n) is 10.4. The van der Waals surface area contributed by atoms with E-state index in [1.807, 2.05) is 0 Å². The minimum atomic E-state index is -0.906. The van der Waals surface area contributed by atoms with Crippen LogP contribution in [0.2, 0.25) is 0 Å². The van der Waals surface area contributed by atoms with E-state index >= 15 is 0 Å². The molecule has 5 heteroatoms. The van der Waals surface area contributed by atoms with Gasteiger partial charge in [0.05, 0.1) is 17.8 Å². The molecule has 0 aromatic rings. The first kappa shape index (κ1) is 24.7. The number of rotatable bonds is 6. The molecule has 2 heterocycles. The molecule has 4 aliphatic carbocycles. The molecule has 0 aromatic carbocycles. The lowest BCUT2D eigenvalue weighted by Gasteiger charge is -2.60. The number of aliphatic hydroxyl groups is 1. The van der Waals surface area contributed by atoms with E-state index in [4.69, 9.17) is 14.2 Å². The molecule has 4 saturated carbocycles. The molecule has 6 rings (SSSR count). The van der Waals surface area contributed by atoms with Gasteiger partial charge in [-0.2, -0.15) is 0 Å². The fraction of sp³-hybridized carbons (Fsp3) is 0.967. The van der Waals surface area contributed by atoms with E-state index in [9.17, 15) is 9.90 Å². The summed E-state index contributed by atoms with van der Waals surface area (Å²) in [4.78, 5) is 11.6. The van der Waals surface area contributed by atoms with Gasteiger partial charge in [-0.15, -0.1) is 0 Å². The van der Waals surface area contributed by atoms with E-state index in [1.165, 1.54) is 32.6 Å². The Bertz CT molecular complexity index is 903. The van der Waals surface area contributed by atoms with E-state index in [1.54, 1.807) is 0 Å². The van der Waals surface area contributed by atoms with Gasteiger partial charge in [0.2, 0.25) is 0 Å². The predicted octanol–water partition coefficient (Wildman–Crippen LogP) is 5.66. The fourth-order valence-corrected chi connectivity index (χ4v) is 10.4. The maximum Gasteiger partial charge on any atom is 0.302 e. The van der Waals surface area contributed by atoms with Crippen LogP contribution in [0, 0.1) is 40.4 Å². The Labute approximate surface area is 212 Å². The average molecular weight is 489 g/mol. The van der Waals surface area contributed by atoms with Gasteiger partial charge in [0.25, 0.3) is 0 Å². The molecule has 0 radical (unpaired) electrons. The predicted molar refractivity (Wildman–Crippen MR) is 134 cm³/mol. The van der Waals surface area contributed by atoms with Gasteiger partial charge in [0.1, 0.15) is 17.3 Å². The van der Waals surface area contributed by atoms with Crippen molar-refractivity contribution in [3.05, 3.63) is 0 Å². The number of carbonyl (C=O) groups excluding carboxylic acids is 1. The maximum atomic E-state index is 12.1. The van der Waals surface area contributed by atoms with E-state index in [0.29, 0.717) is 18.8 Å². The van der Waals surface area contributed by atoms with Gasteiger partial charge in [-0.3, -0.25) is 4.79 Å². The zero-order chi connectivity index (χ0) is 25.2. The van der Waals surface area contributed by atoms with Gasteiger partial charge in [0.15, 0.2) is 0 Å². The lowest BCUT2D eigenvalue weighted by molar-refractivity contribution is -0.209. The minimum absolute atomic E-state index is 0.0706. The molecule has 35 heavy (non-hydrogen) atoms. The highest BCUT2D eigenvalue weighted by molar-refractivity contribution is 5.66. The summed E-state index contributed by atoms with van der Waals surface area (Å²) < 4.78 is 19.2. The monoisotopic (exact) mass is 488 g/mol. The van der Waals surface area contributed by atoms with Crippen molar-refractivity contribution in [3.63, 3.8) is 0 Å². The summed E-state index contributed by atoms with van der Waals surface area (Å²) in [6.45, 7) is 15.9. The van der Waals surface area contributed by atoms with Crippen LogP contribution in [0.5, 0.6) is 0 Å². The number of fused-ring (bicyclic) bond motifs is 2. The first-order chi connectivity index (χ1) is 16.3. The van der Waals surface area contributed by atoms with E-state index in [-0.39, 0.29) is 46.3 Å². The molecule has 2 spiro atoms. The van der Waals surface area contributed by atoms with Crippen LogP contribution < -0.4 is 0 Å². The quantitative estimate of drug-likeness (QED) is 0.386. The smallest absolute Gasteiger partial charge is 0.302 e. The molecule has 12 atom stereocenters. The molecular weight excluding hydrogens is 440 g/mol. The summed E-state index contributed by atoms with van der Waals surface area (Å²) in [7, 11) is 0. The zero-order valence-electron chi connectivity index (χ0n) is 23.1. The highest BCUT2D eigenvalue weighted by Gasteiger charge is 2.96. The largest absolute Gasteiger partial charge is 0.462 e. The number of hydrogen-bond donors (Lipinski definition) is 1. The van der Waals surface area contributed by atoms with Crippen molar-refractivity contribution in [2.75, 3.05) is 0 Å². The standard InChI is InChI=1S/C30H48O5/c1-17(2)18(3)8-9-19(4)22-10-11-23-26(22,6)15-25-30(35-25)27(7)13-12-21(33-20(5)31)14-28(27,32)16-24-29(23,30)34-24/h17-19,21-25,32H,8-16H2,1-7H3/t18-,19+,21-,22+,23-,24+,25-,26-,27-,28-,29+,30+/m0/s1. The Balaban J connectivity index is 1.26. The normalized spacial score (nSPS) is 55.1. The van der Waals surface area contributed by atoms with E-state index < -0.39 is 5.60 Å². The van der Waals surface area contributed by atoms with Gasteiger partial charge in [-0.05, 0) is 67.1 Å². The van der Waals surface area contributed by atoms with Gasteiger partial charge in [0, 0.05) is 25.2 Å². The first-order valence-corrected chi connectivity index (χ1v) is 14.6. The Morgan fingerprint density at radius 2 is 1.74 bits per heavy atom. The summed E-state index contributed by atoms with van der Waals surface area (Å²) in [5, 5.41) is 12.1. The van der Waals surface area contributed by atoms with Crippen LogP contribution in [0.3, 0.4) is 0 Å². The molecule has 6 aliphatic rings. The Hall–Kier alpha value is -0.650. The molecule has 0 unspecified atom stereocenters. The second kappa shape index (κ2) is 7.47. The summed E-state index contributed by atoms with van der Waals surface area (Å²) in [6.07, 6.45) is 9.09. The molecule has 6 fully saturated rings. The summed E-state index contributed by atoms with van der Waals surface area (Å²) in [5.74, 6) is 3.24. The maximum absolute atomic E-state index is 12.1. The third-order valence-electron chi connectivity index (χ3n) is 12.8. The SMILES string of the molecule is CC(=O)O[C@H]1CC[C@@]2(C)[C@](O)(C1)C[C@H]1O[C@]13[C@H]1CC[C@H]([C@H](C)CC[C@H](C)C(C)C)[C@]1(C)C[C@@H]1O[C@@]132. The van der Waals surface area contributed by atoms with E-state index in [2.05, 4.69) is 41.5 Å². The molecule has 0 amide bonds. The van der Waals surface area contributed by atoms with Crippen molar-refractivity contribution >= 4 is 5.97 Å². The van der Waals surface area contributed by atoms with E-state index in [0.717, 1.165) is 42.9 Å². The lowest BCUT2D eigenvalue weighted by Crippen LogP contribution is -2.72. The van der Waals surface area contributed by atoms with Crippen molar-refractivity contribution in [1.29, 1.82) is 0 Å². The van der Waals surface area contributed by atoms with Gasteiger partial charge in [-0.25, -0.2) is 0 Å². The van der Waals surface area contributed by atoms with Crippen molar-refractivity contribution in [2.45, 2.75) is 141 Å². The van der Waals surface area contributed by atoms with Crippen LogP contribution in [-0.4, -0.2) is 46.2 Å². The summed E-state index contributed by atoms with van der Waals surface area (Å²) in [6, 6.07) is 0. The topological polar surface area (TPSA) is 71.6 Å². The number of carbonyl (C=O) groups is 1.